The van der Waals surface area contributed by atoms with Crippen molar-refractivity contribution in [2.45, 2.75) is 25.8 Å². The van der Waals surface area contributed by atoms with E-state index in [-0.39, 0.29) is 23.4 Å². The van der Waals surface area contributed by atoms with Crippen LogP contribution in [0.25, 0.3) is 0 Å². The lowest BCUT2D eigenvalue weighted by molar-refractivity contribution is 0.499. The molecule has 102 valence electrons. The number of aromatic nitrogens is 1. The highest BCUT2D eigenvalue weighted by molar-refractivity contribution is 7.91. The van der Waals surface area contributed by atoms with Gasteiger partial charge in [0, 0.05) is 23.6 Å². The van der Waals surface area contributed by atoms with Crippen LogP contribution in [0.5, 0.6) is 0 Å². The van der Waals surface area contributed by atoms with Crippen LogP contribution in [0.15, 0.2) is 18.5 Å². The van der Waals surface area contributed by atoms with Gasteiger partial charge in [0.15, 0.2) is 0 Å². The van der Waals surface area contributed by atoms with E-state index in [0.29, 0.717) is 18.4 Å². The first-order valence-electron chi connectivity index (χ1n) is 5.97. The third-order valence-corrected chi connectivity index (χ3v) is 4.71. The molecule has 0 spiro atoms. The second kappa shape index (κ2) is 6.80. The number of nitrogens with one attached hydrogen (secondary N) is 1. The second-order valence-electron chi connectivity index (χ2n) is 4.12. The van der Waals surface area contributed by atoms with Crippen LogP contribution in [0.2, 0.25) is 0 Å². The molecule has 0 bridgehead atoms. The smallest absolute Gasteiger partial charge is 0.150 e. The Morgan fingerprint density at radius 3 is 2.78 bits per heavy atom. The van der Waals surface area contributed by atoms with Gasteiger partial charge >= 0.3 is 0 Å². The molecular formula is C12H19FN2O2S. The minimum absolute atomic E-state index is 0.147. The van der Waals surface area contributed by atoms with Gasteiger partial charge in [-0.05, 0) is 26.0 Å². The van der Waals surface area contributed by atoms with Crippen molar-refractivity contribution >= 4 is 9.84 Å². The van der Waals surface area contributed by atoms with E-state index in [1.165, 1.54) is 12.4 Å². The van der Waals surface area contributed by atoms with Gasteiger partial charge in [-0.1, -0.05) is 6.92 Å². The molecule has 0 radical (unpaired) electrons. The van der Waals surface area contributed by atoms with Gasteiger partial charge in [0.25, 0.3) is 0 Å². The molecule has 1 aromatic rings. The van der Waals surface area contributed by atoms with Crippen LogP contribution in [0.1, 0.15) is 31.4 Å². The van der Waals surface area contributed by atoms with E-state index in [4.69, 9.17) is 0 Å². The molecule has 0 aliphatic rings. The molecule has 6 heteroatoms. The van der Waals surface area contributed by atoms with E-state index in [9.17, 15) is 12.8 Å². The SMILES string of the molecule is CCS(=O)(=O)CCCC(NC)c1ccncc1F. The lowest BCUT2D eigenvalue weighted by Gasteiger charge is -2.16. The normalized spacial score (nSPS) is 13.5. The predicted molar refractivity (Wildman–Crippen MR) is 69.6 cm³/mol. The Labute approximate surface area is 108 Å². The maximum absolute atomic E-state index is 13.5. The number of halogens is 1. The Hall–Kier alpha value is -1.01. The van der Waals surface area contributed by atoms with Crippen molar-refractivity contribution in [1.29, 1.82) is 0 Å². The van der Waals surface area contributed by atoms with Gasteiger partial charge in [-0.25, -0.2) is 12.8 Å². The van der Waals surface area contributed by atoms with E-state index in [2.05, 4.69) is 10.3 Å². The molecule has 0 saturated heterocycles. The summed E-state index contributed by atoms with van der Waals surface area (Å²) in [7, 11) is -1.21. The van der Waals surface area contributed by atoms with Crippen molar-refractivity contribution in [2.24, 2.45) is 0 Å². The van der Waals surface area contributed by atoms with Crippen molar-refractivity contribution in [3.63, 3.8) is 0 Å². The molecule has 0 fully saturated rings. The quantitative estimate of drug-likeness (QED) is 0.822. The van der Waals surface area contributed by atoms with Gasteiger partial charge < -0.3 is 5.32 Å². The highest BCUT2D eigenvalue weighted by atomic mass is 32.2. The molecule has 1 N–H and O–H groups in total. The molecule has 0 aliphatic carbocycles. The van der Waals surface area contributed by atoms with E-state index in [1.807, 2.05) is 0 Å². The Bertz CT molecular complexity index is 477. The van der Waals surface area contributed by atoms with E-state index in [1.54, 1.807) is 20.0 Å². The molecule has 18 heavy (non-hydrogen) atoms. The molecule has 0 aliphatic heterocycles. The predicted octanol–water partition coefficient (Wildman–Crippen LogP) is 1.70. The van der Waals surface area contributed by atoms with E-state index < -0.39 is 9.84 Å². The van der Waals surface area contributed by atoms with Crippen molar-refractivity contribution < 1.29 is 12.8 Å². The van der Waals surface area contributed by atoms with Gasteiger partial charge in [-0.3, -0.25) is 4.98 Å². The molecular weight excluding hydrogens is 255 g/mol. The molecule has 0 amide bonds. The molecule has 0 saturated carbocycles. The van der Waals surface area contributed by atoms with Gasteiger partial charge in [0.1, 0.15) is 15.7 Å². The first-order chi connectivity index (χ1) is 8.50. The molecule has 1 rings (SSSR count). The summed E-state index contributed by atoms with van der Waals surface area (Å²) in [4.78, 5) is 3.70. The van der Waals surface area contributed by atoms with E-state index in [0.717, 1.165) is 0 Å². The maximum Gasteiger partial charge on any atom is 0.150 e. The lowest BCUT2D eigenvalue weighted by Crippen LogP contribution is -2.19. The average molecular weight is 274 g/mol. The fraction of sp³-hybridized carbons (Fsp3) is 0.583. The van der Waals surface area contributed by atoms with Gasteiger partial charge in [-0.2, -0.15) is 0 Å². The molecule has 1 unspecified atom stereocenters. The summed E-state index contributed by atoms with van der Waals surface area (Å²) in [5, 5.41) is 3.00. The summed E-state index contributed by atoms with van der Waals surface area (Å²) in [6.45, 7) is 1.63. The fourth-order valence-corrected chi connectivity index (χ4v) is 2.67. The zero-order chi connectivity index (χ0) is 13.6. The highest BCUT2D eigenvalue weighted by Crippen LogP contribution is 2.20. The highest BCUT2D eigenvalue weighted by Gasteiger charge is 2.15. The fourth-order valence-electron chi connectivity index (χ4n) is 1.78. The Kier molecular flexibility index (Phi) is 5.68. The van der Waals surface area contributed by atoms with Crippen LogP contribution < -0.4 is 5.32 Å². The van der Waals surface area contributed by atoms with Crippen LogP contribution in [0, 0.1) is 5.82 Å². The standard InChI is InChI=1S/C12H19FN2O2S/c1-3-18(16,17)8-4-5-12(14-2)10-6-7-15-9-11(10)13/h6-7,9,12,14H,3-5,8H2,1-2H3. The maximum atomic E-state index is 13.5. The molecule has 4 nitrogen and oxygen atoms in total. The Balaban J connectivity index is 2.61. The third-order valence-electron chi connectivity index (χ3n) is 2.92. The Morgan fingerprint density at radius 2 is 2.22 bits per heavy atom. The van der Waals surface area contributed by atoms with Crippen LogP contribution in [-0.2, 0) is 9.84 Å². The van der Waals surface area contributed by atoms with Crippen LogP contribution in [0.4, 0.5) is 4.39 Å². The third kappa shape index (κ3) is 4.34. The summed E-state index contributed by atoms with van der Waals surface area (Å²) >= 11 is 0. The van der Waals surface area contributed by atoms with Crippen LogP contribution in [0.3, 0.4) is 0 Å². The molecule has 1 atom stereocenters. The summed E-state index contributed by atoms with van der Waals surface area (Å²) in [5.74, 6) is -0.0647. The van der Waals surface area contributed by atoms with Crippen LogP contribution >= 0.6 is 0 Å². The first-order valence-corrected chi connectivity index (χ1v) is 7.79. The monoisotopic (exact) mass is 274 g/mol. The summed E-state index contributed by atoms with van der Waals surface area (Å²) < 4.78 is 36.3. The topological polar surface area (TPSA) is 59.1 Å². The minimum atomic E-state index is -2.95. The molecule has 1 heterocycles. The summed E-state index contributed by atoms with van der Waals surface area (Å²) in [6.07, 6.45) is 3.80. The van der Waals surface area contributed by atoms with Crippen LogP contribution in [-0.4, -0.2) is 32.0 Å². The molecule has 1 aromatic heterocycles. The summed E-state index contributed by atoms with van der Waals surface area (Å²) in [5.41, 5.74) is 0.529. The number of hydrogen-bond acceptors (Lipinski definition) is 4. The van der Waals surface area contributed by atoms with Crippen molar-refractivity contribution in [1.82, 2.24) is 10.3 Å². The van der Waals surface area contributed by atoms with Gasteiger partial charge in [-0.15, -0.1) is 0 Å². The second-order valence-corrected chi connectivity index (χ2v) is 6.59. The average Bonchev–Trinajstić information content (AvgIpc) is 2.36. The number of nitrogens with zero attached hydrogens (tertiary/aromatic N) is 1. The first kappa shape index (κ1) is 15.0. The molecule has 0 aromatic carbocycles. The zero-order valence-electron chi connectivity index (χ0n) is 10.7. The van der Waals surface area contributed by atoms with Crippen molar-refractivity contribution in [3.8, 4) is 0 Å². The zero-order valence-corrected chi connectivity index (χ0v) is 11.5. The minimum Gasteiger partial charge on any atom is -0.313 e. The van der Waals surface area contributed by atoms with Crippen molar-refractivity contribution in [3.05, 3.63) is 29.8 Å². The number of hydrogen-bond donors (Lipinski definition) is 1. The number of rotatable bonds is 7. The van der Waals surface area contributed by atoms with E-state index >= 15 is 0 Å². The van der Waals surface area contributed by atoms with Gasteiger partial charge in [0.05, 0.1) is 11.9 Å². The summed E-state index contributed by atoms with van der Waals surface area (Å²) in [6, 6.07) is 1.44. The lowest BCUT2D eigenvalue weighted by atomic mass is 10.0. The largest absolute Gasteiger partial charge is 0.313 e. The number of pyridine rings is 1. The van der Waals surface area contributed by atoms with Crippen molar-refractivity contribution in [2.75, 3.05) is 18.6 Å². The number of sulfone groups is 1. The Morgan fingerprint density at radius 1 is 1.50 bits per heavy atom. The van der Waals surface area contributed by atoms with Gasteiger partial charge in [0.2, 0.25) is 0 Å².